The van der Waals surface area contributed by atoms with Crippen LogP contribution >= 0.6 is 0 Å². The molecule has 0 saturated heterocycles. The van der Waals surface area contributed by atoms with Gasteiger partial charge in [-0.1, -0.05) is 64.0 Å². The van der Waals surface area contributed by atoms with Crippen LogP contribution in [0.2, 0.25) is 0 Å². The molecule has 148 valence electrons. The van der Waals surface area contributed by atoms with Crippen LogP contribution in [0, 0.1) is 0 Å². The molecule has 0 amide bonds. The van der Waals surface area contributed by atoms with E-state index in [4.69, 9.17) is 4.55 Å². The van der Waals surface area contributed by atoms with E-state index in [0.29, 0.717) is 19.3 Å². The van der Waals surface area contributed by atoms with E-state index in [0.717, 1.165) is 32.1 Å². The number of carbonyl (C=O) groups excluding carboxylic acids is 1. The summed E-state index contributed by atoms with van der Waals surface area (Å²) in [7, 11) is -4.58. The minimum atomic E-state index is -4.58. The first-order valence-corrected chi connectivity index (χ1v) is 10.8. The minimum absolute atomic E-state index is 0. The van der Waals surface area contributed by atoms with Crippen LogP contribution in [-0.4, -0.2) is 35.4 Å². The summed E-state index contributed by atoms with van der Waals surface area (Å²) >= 11 is 0. The van der Waals surface area contributed by atoms with Gasteiger partial charge in [-0.25, -0.2) is 0 Å². The van der Waals surface area contributed by atoms with Crippen molar-refractivity contribution >= 4 is 16.1 Å². The monoisotopic (exact) mass is 400 g/mol. The summed E-state index contributed by atoms with van der Waals surface area (Å²) in [6.45, 7) is 2.16. The largest absolute Gasteiger partial charge is 1.00 e. The van der Waals surface area contributed by atoms with Crippen molar-refractivity contribution in [1.82, 2.24) is 0 Å². The molecule has 0 aliphatic carbocycles. The van der Waals surface area contributed by atoms with E-state index in [1.165, 1.54) is 19.3 Å². The van der Waals surface area contributed by atoms with Crippen LogP contribution in [0.1, 0.15) is 84.0 Å². The Morgan fingerprint density at radius 2 is 1.58 bits per heavy atom. The fourth-order valence-electron chi connectivity index (χ4n) is 2.63. The second-order valence-electron chi connectivity index (χ2n) is 6.52. The molecule has 0 aliphatic rings. The third-order valence-electron chi connectivity index (χ3n) is 4.18. The Morgan fingerprint density at radius 3 is 2.15 bits per heavy atom. The summed E-state index contributed by atoms with van der Waals surface area (Å²) in [5.41, 5.74) is 0. The third kappa shape index (κ3) is 16.3. The van der Waals surface area contributed by atoms with Crippen LogP contribution < -0.4 is 34.7 Å². The van der Waals surface area contributed by atoms with Crippen LogP contribution in [-0.2, 0) is 14.9 Å². The molecule has 6 nitrogen and oxygen atoms in total. The van der Waals surface area contributed by atoms with Gasteiger partial charge in [0.15, 0.2) is 0 Å². The van der Waals surface area contributed by atoms with E-state index < -0.39 is 21.3 Å². The van der Waals surface area contributed by atoms with Gasteiger partial charge in [0.25, 0.3) is 10.1 Å². The molecule has 0 bridgehead atoms. The van der Waals surface area contributed by atoms with Gasteiger partial charge in [0.2, 0.25) is 0 Å². The average molecular weight is 401 g/mol. The second-order valence-corrected chi connectivity index (χ2v) is 8.12. The van der Waals surface area contributed by atoms with Gasteiger partial charge in [-0.2, -0.15) is 8.42 Å². The Balaban J connectivity index is 0. The molecule has 0 rings (SSSR count). The van der Waals surface area contributed by atoms with Crippen molar-refractivity contribution in [3.8, 4) is 0 Å². The van der Waals surface area contributed by atoms with Gasteiger partial charge in [0.1, 0.15) is 5.25 Å². The number of aliphatic carboxylic acids is 1. The van der Waals surface area contributed by atoms with Gasteiger partial charge in [0.05, 0.1) is 12.1 Å². The van der Waals surface area contributed by atoms with Gasteiger partial charge in [0, 0.05) is 0 Å². The Bertz CT molecular complexity index is 478. The van der Waals surface area contributed by atoms with E-state index in [1.54, 1.807) is 0 Å². The van der Waals surface area contributed by atoms with Crippen LogP contribution in [0.3, 0.4) is 0 Å². The molecule has 0 spiro atoms. The standard InChI is InChI=1S/C18H34O6S.Na/c1-2-3-4-10-13-16(19)14-11-8-6-5-7-9-12-15-17(18(20)21)25(22,23)24;/h8,11,16-17,19H,2-7,9-10,12-15H2,1H3,(H,20,21)(H,22,23,24);/q;+1/p-1/b11-8-;/t16-,17?;/m1./s1. The number of carbonyl (C=O) groups is 1. The summed E-state index contributed by atoms with van der Waals surface area (Å²) in [6.07, 6.45) is 13.6. The van der Waals surface area contributed by atoms with Gasteiger partial charge < -0.3 is 15.0 Å². The molecule has 0 aromatic heterocycles. The Labute approximate surface area is 180 Å². The third-order valence-corrected chi connectivity index (χ3v) is 5.32. The summed E-state index contributed by atoms with van der Waals surface area (Å²) < 4.78 is 30.5. The van der Waals surface area contributed by atoms with E-state index in [-0.39, 0.29) is 42.1 Å². The summed E-state index contributed by atoms with van der Waals surface area (Å²) in [5, 5.41) is 18.6. The van der Waals surface area contributed by atoms with Crippen molar-refractivity contribution in [3.63, 3.8) is 0 Å². The zero-order chi connectivity index (χ0) is 19.1. The zero-order valence-corrected chi connectivity index (χ0v) is 19.0. The Morgan fingerprint density at radius 1 is 1.00 bits per heavy atom. The normalized spacial score (nSPS) is 14.1. The van der Waals surface area contributed by atoms with E-state index in [1.807, 2.05) is 12.2 Å². The van der Waals surface area contributed by atoms with Gasteiger partial charge in [-0.3, -0.25) is 4.55 Å². The number of allylic oxidation sites excluding steroid dienone is 1. The molecular formula is C18H33NaO6S. The number of carboxylic acid groups (broad SMARTS) is 1. The van der Waals surface area contributed by atoms with Crippen LogP contribution in [0.4, 0.5) is 0 Å². The predicted molar refractivity (Wildman–Crippen MR) is 96.6 cm³/mol. The maximum absolute atomic E-state index is 10.9. The summed E-state index contributed by atoms with van der Waals surface area (Å²) in [5.74, 6) is -1.75. The van der Waals surface area contributed by atoms with E-state index >= 15 is 0 Å². The molecule has 0 aromatic carbocycles. The minimum Gasteiger partial charge on any atom is -0.549 e. The van der Waals surface area contributed by atoms with Gasteiger partial charge >= 0.3 is 29.6 Å². The fourth-order valence-corrected chi connectivity index (χ4v) is 3.34. The molecule has 0 aliphatic heterocycles. The second kappa shape index (κ2) is 17.2. The number of carboxylic acids is 1. The molecule has 0 heterocycles. The van der Waals surface area contributed by atoms with Crippen LogP contribution in [0.15, 0.2) is 12.2 Å². The Hall–Kier alpha value is 0.0800. The van der Waals surface area contributed by atoms with Gasteiger partial charge in [-0.05, 0) is 32.1 Å². The number of aliphatic hydroxyl groups is 1. The maximum atomic E-state index is 10.9. The van der Waals surface area contributed by atoms with Crippen molar-refractivity contribution in [2.75, 3.05) is 0 Å². The van der Waals surface area contributed by atoms with Crippen molar-refractivity contribution in [3.05, 3.63) is 12.2 Å². The number of unbranched alkanes of at least 4 members (excludes halogenated alkanes) is 7. The maximum Gasteiger partial charge on any atom is 1.00 e. The van der Waals surface area contributed by atoms with E-state index in [2.05, 4.69) is 6.92 Å². The molecule has 0 saturated carbocycles. The van der Waals surface area contributed by atoms with Crippen molar-refractivity contribution in [2.24, 2.45) is 0 Å². The number of aliphatic hydroxyl groups excluding tert-OH is 1. The zero-order valence-electron chi connectivity index (χ0n) is 16.2. The average Bonchev–Trinajstić information content (AvgIpc) is 2.51. The first-order valence-electron chi connectivity index (χ1n) is 9.29. The van der Waals surface area contributed by atoms with Crippen molar-refractivity contribution in [1.29, 1.82) is 0 Å². The smallest absolute Gasteiger partial charge is 0.549 e. The molecule has 26 heavy (non-hydrogen) atoms. The number of rotatable bonds is 16. The SMILES string of the molecule is CCCCCC[C@@H](O)C/C=C\CCCCCCC(C(=O)[O-])S(=O)(=O)O.[Na+]. The molecule has 0 radical (unpaired) electrons. The molecular weight excluding hydrogens is 367 g/mol. The number of hydrogen-bond donors (Lipinski definition) is 2. The molecule has 0 fully saturated rings. The van der Waals surface area contributed by atoms with Crippen LogP contribution in [0.5, 0.6) is 0 Å². The first kappa shape index (κ1) is 28.3. The molecule has 0 aromatic rings. The number of hydrogen-bond acceptors (Lipinski definition) is 5. The fraction of sp³-hybridized carbons (Fsp3) is 0.833. The molecule has 8 heteroatoms. The molecule has 2 atom stereocenters. The predicted octanol–water partition coefficient (Wildman–Crippen LogP) is -0.385. The molecule has 1 unspecified atom stereocenters. The van der Waals surface area contributed by atoms with Crippen molar-refractivity contribution in [2.45, 2.75) is 95.3 Å². The Kier molecular flexibility index (Phi) is 18.7. The first-order chi connectivity index (χ1) is 11.8. The molecule has 2 N–H and O–H groups in total. The topological polar surface area (TPSA) is 115 Å². The van der Waals surface area contributed by atoms with Crippen LogP contribution in [0.25, 0.3) is 0 Å². The quantitative estimate of drug-likeness (QED) is 0.158. The van der Waals surface area contributed by atoms with Crippen molar-refractivity contribution < 1.29 is 57.5 Å². The van der Waals surface area contributed by atoms with Gasteiger partial charge in [-0.15, -0.1) is 0 Å². The van der Waals surface area contributed by atoms with E-state index in [9.17, 15) is 23.4 Å². The summed E-state index contributed by atoms with van der Waals surface area (Å²) in [6, 6.07) is 0. The summed E-state index contributed by atoms with van der Waals surface area (Å²) in [4.78, 5) is 10.7.